The second-order valence-corrected chi connectivity index (χ2v) is 7.66. The van der Waals surface area contributed by atoms with Crippen molar-refractivity contribution in [2.24, 2.45) is 0 Å². The number of nitrogens with zero attached hydrogens (tertiary/aromatic N) is 1. The van der Waals surface area contributed by atoms with Gasteiger partial charge in [0.15, 0.2) is 0 Å². The van der Waals surface area contributed by atoms with Crippen LogP contribution < -0.4 is 0 Å². The van der Waals surface area contributed by atoms with Gasteiger partial charge in [0.1, 0.15) is 0 Å². The highest BCUT2D eigenvalue weighted by Crippen LogP contribution is 2.40. The number of hydrogen-bond donors (Lipinski definition) is 0. The van der Waals surface area contributed by atoms with E-state index in [1.165, 1.54) is 29.9 Å². The van der Waals surface area contributed by atoms with Crippen molar-refractivity contribution in [2.45, 2.75) is 0 Å². The molecule has 0 fully saturated rings. The Kier molecular flexibility index (Phi) is 3.43. The van der Waals surface area contributed by atoms with Gasteiger partial charge in [0.05, 0.1) is 0 Å². The standard InChI is InChI=1S/C17H11NS3/c1-2-14(19-11-1)15-5-6-17(21-15)16-4-3-13(20-16)12-7-9-18-10-8-12/h1-11H. The van der Waals surface area contributed by atoms with Gasteiger partial charge in [0, 0.05) is 36.8 Å². The quantitative estimate of drug-likeness (QED) is 0.433. The Morgan fingerprint density at radius 1 is 0.619 bits per heavy atom. The van der Waals surface area contributed by atoms with Gasteiger partial charge in [-0.15, -0.1) is 34.0 Å². The molecule has 0 saturated heterocycles. The van der Waals surface area contributed by atoms with Crippen LogP contribution in [0, 0.1) is 0 Å². The maximum atomic E-state index is 4.08. The molecule has 21 heavy (non-hydrogen) atoms. The van der Waals surface area contributed by atoms with E-state index in [9.17, 15) is 0 Å². The van der Waals surface area contributed by atoms with Crippen LogP contribution in [-0.2, 0) is 0 Å². The topological polar surface area (TPSA) is 12.9 Å². The summed E-state index contributed by atoms with van der Waals surface area (Å²) in [6, 6.07) is 17.2. The van der Waals surface area contributed by atoms with Crippen molar-refractivity contribution in [3.8, 4) is 29.9 Å². The van der Waals surface area contributed by atoms with E-state index in [2.05, 4.69) is 58.9 Å². The van der Waals surface area contributed by atoms with Crippen LogP contribution in [0.1, 0.15) is 0 Å². The third-order valence-electron chi connectivity index (χ3n) is 3.18. The molecule has 0 aliphatic heterocycles. The summed E-state index contributed by atoms with van der Waals surface area (Å²) in [6.07, 6.45) is 3.68. The van der Waals surface area contributed by atoms with Crippen LogP contribution in [0.2, 0.25) is 0 Å². The van der Waals surface area contributed by atoms with Gasteiger partial charge in [0.25, 0.3) is 0 Å². The highest BCUT2D eigenvalue weighted by Gasteiger charge is 2.09. The summed E-state index contributed by atoms with van der Waals surface area (Å²) >= 11 is 5.49. The van der Waals surface area contributed by atoms with Crippen molar-refractivity contribution in [3.05, 3.63) is 66.3 Å². The van der Waals surface area contributed by atoms with E-state index in [1.807, 2.05) is 35.1 Å². The van der Waals surface area contributed by atoms with E-state index < -0.39 is 0 Å². The van der Waals surface area contributed by atoms with Gasteiger partial charge in [0.2, 0.25) is 0 Å². The maximum Gasteiger partial charge on any atom is 0.0449 e. The minimum atomic E-state index is 1.23. The molecule has 4 heteroatoms. The molecule has 0 atom stereocenters. The van der Waals surface area contributed by atoms with Crippen LogP contribution in [0.4, 0.5) is 0 Å². The predicted molar refractivity (Wildman–Crippen MR) is 94.2 cm³/mol. The Bertz CT molecular complexity index is 841. The van der Waals surface area contributed by atoms with Gasteiger partial charge in [-0.25, -0.2) is 0 Å². The lowest BCUT2D eigenvalue weighted by molar-refractivity contribution is 1.33. The van der Waals surface area contributed by atoms with Crippen LogP contribution >= 0.6 is 34.0 Å². The second-order valence-electron chi connectivity index (χ2n) is 4.54. The minimum Gasteiger partial charge on any atom is -0.265 e. The van der Waals surface area contributed by atoms with Gasteiger partial charge in [-0.1, -0.05) is 6.07 Å². The zero-order valence-corrected chi connectivity index (χ0v) is 13.5. The molecular weight excluding hydrogens is 314 g/mol. The molecule has 0 N–H and O–H groups in total. The summed E-state index contributed by atoms with van der Waals surface area (Å²) in [5, 5.41) is 2.13. The van der Waals surface area contributed by atoms with Crippen molar-refractivity contribution in [1.82, 2.24) is 4.98 Å². The molecule has 4 aromatic rings. The number of pyridine rings is 1. The molecule has 4 heterocycles. The average Bonchev–Trinajstić information content (AvgIpc) is 3.27. The molecule has 4 aromatic heterocycles. The third-order valence-corrected chi connectivity index (χ3v) is 6.66. The summed E-state index contributed by atoms with van der Waals surface area (Å²) in [4.78, 5) is 10.7. The van der Waals surface area contributed by atoms with Crippen molar-refractivity contribution in [3.63, 3.8) is 0 Å². The fourth-order valence-corrected chi connectivity index (χ4v) is 5.11. The Morgan fingerprint density at radius 2 is 1.24 bits per heavy atom. The van der Waals surface area contributed by atoms with Gasteiger partial charge in [-0.2, -0.15) is 0 Å². The normalized spacial score (nSPS) is 10.9. The molecule has 0 spiro atoms. The molecule has 102 valence electrons. The first kappa shape index (κ1) is 13.0. The van der Waals surface area contributed by atoms with Crippen LogP contribution in [0.3, 0.4) is 0 Å². The highest BCUT2D eigenvalue weighted by molar-refractivity contribution is 7.27. The van der Waals surface area contributed by atoms with Gasteiger partial charge < -0.3 is 0 Å². The number of aromatic nitrogens is 1. The summed E-state index contributed by atoms with van der Waals surface area (Å²) in [7, 11) is 0. The second kappa shape index (κ2) is 5.56. The first-order valence-electron chi connectivity index (χ1n) is 6.54. The van der Waals surface area contributed by atoms with Gasteiger partial charge in [-0.05, 0) is 53.4 Å². The number of hydrogen-bond acceptors (Lipinski definition) is 4. The van der Waals surface area contributed by atoms with E-state index in [4.69, 9.17) is 0 Å². The van der Waals surface area contributed by atoms with E-state index in [0.717, 1.165) is 0 Å². The molecule has 0 aliphatic rings. The van der Waals surface area contributed by atoms with Crippen LogP contribution in [0.15, 0.2) is 66.3 Å². The average molecular weight is 325 g/mol. The minimum absolute atomic E-state index is 1.23. The molecule has 0 radical (unpaired) electrons. The zero-order valence-electron chi connectivity index (χ0n) is 11.0. The molecular formula is C17H11NS3. The fraction of sp³-hybridized carbons (Fsp3) is 0. The largest absolute Gasteiger partial charge is 0.265 e. The summed E-state index contributed by atoms with van der Waals surface area (Å²) < 4.78 is 0. The predicted octanol–water partition coefficient (Wildman–Crippen LogP) is 6.27. The van der Waals surface area contributed by atoms with E-state index in [0.29, 0.717) is 0 Å². The molecule has 0 bridgehead atoms. The Balaban J connectivity index is 1.67. The number of rotatable bonds is 3. The molecule has 0 saturated carbocycles. The van der Waals surface area contributed by atoms with Crippen molar-refractivity contribution in [1.29, 1.82) is 0 Å². The highest BCUT2D eigenvalue weighted by atomic mass is 32.1. The molecule has 0 amide bonds. The summed E-state index contributed by atoms with van der Waals surface area (Å²) in [5.74, 6) is 0. The lowest BCUT2D eigenvalue weighted by Gasteiger charge is -1.94. The first-order chi connectivity index (χ1) is 10.4. The lowest BCUT2D eigenvalue weighted by atomic mass is 10.2. The zero-order chi connectivity index (χ0) is 14.1. The van der Waals surface area contributed by atoms with E-state index >= 15 is 0 Å². The monoisotopic (exact) mass is 325 g/mol. The summed E-state index contributed by atoms with van der Waals surface area (Å²) in [6.45, 7) is 0. The Morgan fingerprint density at radius 3 is 1.90 bits per heavy atom. The molecule has 0 aliphatic carbocycles. The van der Waals surface area contributed by atoms with Crippen molar-refractivity contribution >= 4 is 34.0 Å². The van der Waals surface area contributed by atoms with Crippen LogP contribution in [0.5, 0.6) is 0 Å². The molecule has 1 nitrogen and oxygen atoms in total. The summed E-state index contributed by atoms with van der Waals surface area (Å²) in [5.41, 5.74) is 1.23. The van der Waals surface area contributed by atoms with E-state index in [1.54, 1.807) is 11.3 Å². The van der Waals surface area contributed by atoms with Crippen LogP contribution in [-0.4, -0.2) is 4.98 Å². The third kappa shape index (κ3) is 2.58. The van der Waals surface area contributed by atoms with E-state index in [-0.39, 0.29) is 0 Å². The molecule has 0 aromatic carbocycles. The Hall–Kier alpha value is -1.75. The van der Waals surface area contributed by atoms with Crippen molar-refractivity contribution < 1.29 is 0 Å². The molecule has 0 unspecified atom stereocenters. The Labute approximate surface area is 135 Å². The van der Waals surface area contributed by atoms with Crippen LogP contribution in [0.25, 0.3) is 29.9 Å². The van der Waals surface area contributed by atoms with Gasteiger partial charge >= 0.3 is 0 Å². The van der Waals surface area contributed by atoms with Gasteiger partial charge in [-0.3, -0.25) is 4.98 Å². The van der Waals surface area contributed by atoms with Crippen molar-refractivity contribution in [2.75, 3.05) is 0 Å². The lowest BCUT2D eigenvalue weighted by Crippen LogP contribution is -1.71. The first-order valence-corrected chi connectivity index (χ1v) is 9.06. The maximum absolute atomic E-state index is 4.08. The number of thiophene rings is 3. The SMILES string of the molecule is c1csc(-c2ccc(-c3ccc(-c4ccncc4)s3)s2)c1. The smallest absolute Gasteiger partial charge is 0.0449 e. The molecule has 4 rings (SSSR count). The fourth-order valence-electron chi connectivity index (χ4n) is 2.16.